The quantitative estimate of drug-likeness (QED) is 0.764. The molecule has 2 N–H and O–H groups in total. The van der Waals surface area contributed by atoms with Gasteiger partial charge in [-0.15, -0.1) is 11.8 Å². The first-order valence-electron chi connectivity index (χ1n) is 6.49. The molecule has 1 aromatic rings. The molecule has 1 rings (SSSR count). The number of thioether (sulfide) groups is 1. The lowest BCUT2D eigenvalue weighted by atomic mass is 9.90. The van der Waals surface area contributed by atoms with E-state index in [1.807, 2.05) is 11.8 Å². The summed E-state index contributed by atoms with van der Waals surface area (Å²) in [4.78, 5) is 1.35. The molecule has 0 saturated heterocycles. The second-order valence-corrected chi connectivity index (χ2v) is 6.95. The predicted molar refractivity (Wildman–Crippen MR) is 78.7 cm³/mol. The van der Waals surface area contributed by atoms with Crippen molar-refractivity contribution in [1.82, 2.24) is 0 Å². The van der Waals surface area contributed by atoms with Crippen molar-refractivity contribution >= 4 is 11.8 Å². The molecule has 0 saturated carbocycles. The highest BCUT2D eigenvalue weighted by Gasteiger charge is 2.11. The van der Waals surface area contributed by atoms with E-state index >= 15 is 0 Å². The molecule has 17 heavy (non-hydrogen) atoms. The van der Waals surface area contributed by atoms with E-state index in [0.717, 1.165) is 6.54 Å². The highest BCUT2D eigenvalue weighted by Crippen LogP contribution is 2.27. The molecule has 0 spiro atoms. The van der Waals surface area contributed by atoms with Crippen LogP contribution in [0.5, 0.6) is 0 Å². The van der Waals surface area contributed by atoms with E-state index in [4.69, 9.17) is 5.73 Å². The number of hydrogen-bond acceptors (Lipinski definition) is 2. The van der Waals surface area contributed by atoms with Gasteiger partial charge in [0.15, 0.2) is 0 Å². The van der Waals surface area contributed by atoms with Gasteiger partial charge < -0.3 is 5.73 Å². The zero-order valence-electron chi connectivity index (χ0n) is 11.4. The molecule has 0 aromatic heterocycles. The van der Waals surface area contributed by atoms with Crippen molar-refractivity contribution in [2.24, 2.45) is 11.7 Å². The van der Waals surface area contributed by atoms with Gasteiger partial charge in [-0.05, 0) is 42.5 Å². The summed E-state index contributed by atoms with van der Waals surface area (Å²) < 4.78 is 0. The van der Waals surface area contributed by atoms with Crippen LogP contribution < -0.4 is 5.73 Å². The smallest absolute Gasteiger partial charge is 0.00747 e. The standard InChI is InChI=1S/C15H25NS/c1-11(2)9-14(10-16)13-5-7-15(8-6-13)17-12(3)4/h5-8,11-12,14H,9-10,16H2,1-4H3. The van der Waals surface area contributed by atoms with Crippen LogP contribution in [-0.4, -0.2) is 11.8 Å². The first kappa shape index (κ1) is 14.6. The van der Waals surface area contributed by atoms with E-state index in [1.165, 1.54) is 16.9 Å². The van der Waals surface area contributed by atoms with Crippen molar-refractivity contribution in [3.05, 3.63) is 29.8 Å². The lowest BCUT2D eigenvalue weighted by Gasteiger charge is -2.18. The average molecular weight is 251 g/mol. The topological polar surface area (TPSA) is 26.0 Å². The van der Waals surface area contributed by atoms with Crippen LogP contribution in [0.15, 0.2) is 29.2 Å². The minimum Gasteiger partial charge on any atom is -0.330 e. The Morgan fingerprint density at radius 2 is 1.65 bits per heavy atom. The van der Waals surface area contributed by atoms with Crippen molar-refractivity contribution < 1.29 is 0 Å². The van der Waals surface area contributed by atoms with Crippen LogP contribution in [0.4, 0.5) is 0 Å². The van der Waals surface area contributed by atoms with Gasteiger partial charge in [0.1, 0.15) is 0 Å². The number of benzene rings is 1. The summed E-state index contributed by atoms with van der Waals surface area (Å²) in [5.74, 6) is 1.21. The van der Waals surface area contributed by atoms with Crippen LogP contribution in [0.3, 0.4) is 0 Å². The van der Waals surface area contributed by atoms with E-state index in [1.54, 1.807) is 0 Å². The van der Waals surface area contributed by atoms with E-state index in [9.17, 15) is 0 Å². The van der Waals surface area contributed by atoms with Crippen molar-refractivity contribution in [2.75, 3.05) is 6.54 Å². The third kappa shape index (κ3) is 5.13. The second kappa shape index (κ2) is 7.07. The van der Waals surface area contributed by atoms with Crippen LogP contribution in [0.2, 0.25) is 0 Å². The largest absolute Gasteiger partial charge is 0.330 e. The van der Waals surface area contributed by atoms with Crippen molar-refractivity contribution in [1.29, 1.82) is 0 Å². The fourth-order valence-electron chi connectivity index (χ4n) is 2.03. The number of hydrogen-bond donors (Lipinski definition) is 1. The summed E-state index contributed by atoms with van der Waals surface area (Å²) in [6.45, 7) is 9.70. The molecule has 0 bridgehead atoms. The molecule has 0 heterocycles. The number of rotatable bonds is 6. The van der Waals surface area contributed by atoms with Gasteiger partial charge >= 0.3 is 0 Å². The van der Waals surface area contributed by atoms with Gasteiger partial charge in [0, 0.05) is 10.1 Å². The highest BCUT2D eigenvalue weighted by atomic mass is 32.2. The lowest BCUT2D eigenvalue weighted by molar-refractivity contribution is 0.504. The van der Waals surface area contributed by atoms with Crippen LogP contribution in [0.25, 0.3) is 0 Å². The predicted octanol–water partition coefficient (Wildman–Crippen LogP) is 4.28. The summed E-state index contributed by atoms with van der Waals surface area (Å²) >= 11 is 1.91. The molecule has 1 nitrogen and oxygen atoms in total. The van der Waals surface area contributed by atoms with Gasteiger partial charge in [-0.25, -0.2) is 0 Å². The van der Waals surface area contributed by atoms with Crippen LogP contribution in [0, 0.1) is 5.92 Å². The first-order valence-corrected chi connectivity index (χ1v) is 7.37. The van der Waals surface area contributed by atoms with Gasteiger partial charge in [-0.1, -0.05) is 39.8 Å². The fourth-order valence-corrected chi connectivity index (χ4v) is 2.87. The van der Waals surface area contributed by atoms with Gasteiger partial charge in [0.2, 0.25) is 0 Å². The Morgan fingerprint density at radius 3 is 2.06 bits per heavy atom. The lowest BCUT2D eigenvalue weighted by Crippen LogP contribution is -2.14. The SMILES string of the molecule is CC(C)CC(CN)c1ccc(SC(C)C)cc1. The Balaban J connectivity index is 2.70. The maximum atomic E-state index is 5.87. The zero-order chi connectivity index (χ0) is 12.8. The van der Waals surface area contributed by atoms with Gasteiger partial charge in [-0.2, -0.15) is 0 Å². The van der Waals surface area contributed by atoms with Gasteiger partial charge in [0.25, 0.3) is 0 Å². The molecule has 0 fully saturated rings. The summed E-state index contributed by atoms with van der Waals surface area (Å²) in [5.41, 5.74) is 7.25. The Morgan fingerprint density at radius 1 is 1.06 bits per heavy atom. The van der Waals surface area contributed by atoms with E-state index in [-0.39, 0.29) is 0 Å². The Kier molecular flexibility index (Phi) is 6.07. The number of nitrogens with two attached hydrogens (primary N) is 1. The molecule has 0 aliphatic carbocycles. The molecule has 96 valence electrons. The van der Waals surface area contributed by atoms with Gasteiger partial charge in [0.05, 0.1) is 0 Å². The Bertz CT molecular complexity index is 316. The summed E-state index contributed by atoms with van der Waals surface area (Å²) in [5, 5.41) is 0.641. The maximum Gasteiger partial charge on any atom is 0.00747 e. The molecule has 0 aliphatic heterocycles. The monoisotopic (exact) mass is 251 g/mol. The molecule has 2 heteroatoms. The molecule has 0 radical (unpaired) electrons. The fraction of sp³-hybridized carbons (Fsp3) is 0.600. The molecule has 1 unspecified atom stereocenters. The van der Waals surface area contributed by atoms with Crippen molar-refractivity contribution in [3.63, 3.8) is 0 Å². The van der Waals surface area contributed by atoms with E-state index in [2.05, 4.69) is 52.0 Å². The third-order valence-corrected chi connectivity index (χ3v) is 3.78. The molecule has 1 atom stereocenters. The Hall–Kier alpha value is -0.470. The Labute approximate surface area is 110 Å². The highest BCUT2D eigenvalue weighted by molar-refractivity contribution is 7.99. The normalized spacial score (nSPS) is 13.4. The summed E-state index contributed by atoms with van der Waals surface area (Å²) in [7, 11) is 0. The summed E-state index contributed by atoms with van der Waals surface area (Å²) in [6, 6.07) is 8.93. The molecular formula is C15H25NS. The third-order valence-electron chi connectivity index (χ3n) is 2.76. The van der Waals surface area contributed by atoms with E-state index in [0.29, 0.717) is 17.1 Å². The molecule has 1 aromatic carbocycles. The van der Waals surface area contributed by atoms with E-state index < -0.39 is 0 Å². The average Bonchev–Trinajstić information content (AvgIpc) is 2.26. The van der Waals surface area contributed by atoms with Crippen LogP contribution >= 0.6 is 11.8 Å². The summed E-state index contributed by atoms with van der Waals surface area (Å²) in [6.07, 6.45) is 1.17. The zero-order valence-corrected chi connectivity index (χ0v) is 12.3. The maximum absolute atomic E-state index is 5.87. The molecule has 0 amide bonds. The molecule has 0 aliphatic rings. The minimum absolute atomic E-state index is 0.508. The molecular weight excluding hydrogens is 226 g/mol. The van der Waals surface area contributed by atoms with Crippen LogP contribution in [0.1, 0.15) is 45.6 Å². The minimum atomic E-state index is 0.508. The van der Waals surface area contributed by atoms with Crippen molar-refractivity contribution in [3.8, 4) is 0 Å². The van der Waals surface area contributed by atoms with Crippen LogP contribution in [-0.2, 0) is 0 Å². The van der Waals surface area contributed by atoms with Crippen molar-refractivity contribution in [2.45, 2.75) is 50.2 Å². The second-order valence-electron chi connectivity index (χ2n) is 5.30. The first-order chi connectivity index (χ1) is 8.02. The van der Waals surface area contributed by atoms with Gasteiger partial charge in [-0.3, -0.25) is 0 Å².